The first kappa shape index (κ1) is 15.8. The van der Waals surface area contributed by atoms with E-state index in [2.05, 4.69) is 28.5 Å². The van der Waals surface area contributed by atoms with Crippen LogP contribution in [0.3, 0.4) is 0 Å². The number of amides is 1. The van der Waals surface area contributed by atoms with Crippen molar-refractivity contribution in [1.82, 2.24) is 10.2 Å². The van der Waals surface area contributed by atoms with Crippen LogP contribution in [-0.4, -0.2) is 43.5 Å². The van der Waals surface area contributed by atoms with Crippen LogP contribution in [0.2, 0.25) is 0 Å². The maximum absolute atomic E-state index is 11.8. The van der Waals surface area contributed by atoms with Crippen LogP contribution < -0.4 is 10.6 Å². The van der Waals surface area contributed by atoms with Gasteiger partial charge in [0.1, 0.15) is 0 Å². The van der Waals surface area contributed by atoms with Crippen LogP contribution in [0.5, 0.6) is 0 Å². The van der Waals surface area contributed by atoms with Gasteiger partial charge in [-0.2, -0.15) is 0 Å². The smallest absolute Gasteiger partial charge is 0.251 e. The van der Waals surface area contributed by atoms with Crippen LogP contribution in [0.4, 0.5) is 5.69 Å². The van der Waals surface area contributed by atoms with Crippen molar-refractivity contribution < 1.29 is 4.79 Å². The van der Waals surface area contributed by atoms with Crippen molar-refractivity contribution in [2.45, 2.75) is 39.2 Å². The summed E-state index contributed by atoms with van der Waals surface area (Å²) in [5.74, 6) is -0.0195. The maximum atomic E-state index is 11.8. The Kier molecular flexibility index (Phi) is 5.62. The van der Waals surface area contributed by atoms with Crippen LogP contribution >= 0.6 is 0 Å². The summed E-state index contributed by atoms with van der Waals surface area (Å²) in [6, 6.07) is 6.41. The number of piperidine rings is 1. The van der Waals surface area contributed by atoms with Gasteiger partial charge in [0, 0.05) is 37.4 Å². The number of anilines is 1. The molecule has 1 aliphatic rings. The van der Waals surface area contributed by atoms with E-state index in [0.29, 0.717) is 6.04 Å². The van der Waals surface area contributed by atoms with Gasteiger partial charge in [0.25, 0.3) is 5.91 Å². The molecular weight excluding hydrogens is 262 g/mol. The zero-order valence-corrected chi connectivity index (χ0v) is 13.4. The third kappa shape index (κ3) is 3.97. The minimum atomic E-state index is -0.0195. The van der Waals surface area contributed by atoms with Crippen molar-refractivity contribution >= 4 is 11.6 Å². The van der Waals surface area contributed by atoms with Gasteiger partial charge >= 0.3 is 0 Å². The van der Waals surface area contributed by atoms with E-state index in [-0.39, 0.29) is 5.91 Å². The Hall–Kier alpha value is -1.55. The predicted molar refractivity (Wildman–Crippen MR) is 87.9 cm³/mol. The number of likely N-dealkylation sites (tertiary alicyclic amines) is 1. The second kappa shape index (κ2) is 7.46. The lowest BCUT2D eigenvalue weighted by Crippen LogP contribution is -2.39. The molecule has 1 aromatic carbocycles. The number of nitrogens with zero attached hydrogens (tertiary/aromatic N) is 1. The molecule has 1 heterocycles. The highest BCUT2D eigenvalue weighted by molar-refractivity contribution is 5.96. The molecule has 1 amide bonds. The Morgan fingerprint density at radius 1 is 1.33 bits per heavy atom. The van der Waals surface area contributed by atoms with E-state index in [1.807, 2.05) is 19.1 Å². The first-order valence-corrected chi connectivity index (χ1v) is 7.96. The predicted octanol–water partition coefficient (Wildman–Crippen LogP) is 2.64. The number of hydrogen-bond acceptors (Lipinski definition) is 3. The molecule has 4 nitrogen and oxygen atoms in total. The molecule has 1 saturated heterocycles. The molecule has 1 fully saturated rings. The fourth-order valence-corrected chi connectivity index (χ4v) is 3.01. The van der Waals surface area contributed by atoms with Gasteiger partial charge in [-0.15, -0.1) is 0 Å². The number of nitrogens with one attached hydrogen (secondary N) is 2. The molecule has 21 heavy (non-hydrogen) atoms. The highest BCUT2D eigenvalue weighted by atomic mass is 16.1. The van der Waals surface area contributed by atoms with Gasteiger partial charge < -0.3 is 15.5 Å². The van der Waals surface area contributed by atoms with E-state index in [9.17, 15) is 4.79 Å². The number of carbonyl (C=O) groups is 1. The lowest BCUT2D eigenvalue weighted by atomic mass is 10.0. The molecule has 0 aromatic heterocycles. The van der Waals surface area contributed by atoms with Crippen LogP contribution in [0.25, 0.3) is 0 Å². The first-order chi connectivity index (χ1) is 10.2. The standard InChI is InChI=1S/C17H27N3O/c1-4-10-20-11-8-14(9-12-20)19-16-7-5-6-15(13(16)2)17(21)18-3/h5-7,14,19H,4,8-12H2,1-3H3,(H,18,21). The largest absolute Gasteiger partial charge is 0.382 e. The molecule has 4 heteroatoms. The molecule has 1 aliphatic heterocycles. The molecule has 0 unspecified atom stereocenters. The molecule has 0 radical (unpaired) electrons. The van der Waals surface area contributed by atoms with Gasteiger partial charge in [0.2, 0.25) is 0 Å². The molecule has 116 valence electrons. The fourth-order valence-electron chi connectivity index (χ4n) is 3.01. The highest BCUT2D eigenvalue weighted by Crippen LogP contribution is 2.22. The minimum absolute atomic E-state index is 0.0195. The van der Waals surface area contributed by atoms with E-state index in [4.69, 9.17) is 0 Å². The molecule has 2 rings (SSSR count). The lowest BCUT2D eigenvalue weighted by Gasteiger charge is -2.33. The molecule has 2 N–H and O–H groups in total. The van der Waals surface area contributed by atoms with E-state index in [1.165, 1.54) is 38.9 Å². The number of hydrogen-bond donors (Lipinski definition) is 2. The van der Waals surface area contributed by atoms with Crippen molar-refractivity contribution in [2.75, 3.05) is 32.0 Å². The summed E-state index contributed by atoms with van der Waals surface area (Å²) in [5, 5.41) is 6.32. The minimum Gasteiger partial charge on any atom is -0.382 e. The lowest BCUT2D eigenvalue weighted by molar-refractivity contribution is 0.0962. The zero-order chi connectivity index (χ0) is 15.2. The summed E-state index contributed by atoms with van der Waals surface area (Å²) in [6.07, 6.45) is 3.57. The Morgan fingerprint density at radius 3 is 2.67 bits per heavy atom. The SMILES string of the molecule is CCCN1CCC(Nc2cccc(C(=O)NC)c2C)CC1. The van der Waals surface area contributed by atoms with Crippen LogP contribution in [-0.2, 0) is 0 Å². The van der Waals surface area contributed by atoms with Gasteiger partial charge in [-0.05, 0) is 50.4 Å². The quantitative estimate of drug-likeness (QED) is 0.876. The highest BCUT2D eigenvalue weighted by Gasteiger charge is 2.19. The van der Waals surface area contributed by atoms with Crippen molar-refractivity contribution in [1.29, 1.82) is 0 Å². The van der Waals surface area contributed by atoms with Gasteiger partial charge in [-0.25, -0.2) is 0 Å². The van der Waals surface area contributed by atoms with E-state index in [0.717, 1.165) is 16.8 Å². The van der Waals surface area contributed by atoms with E-state index < -0.39 is 0 Å². The van der Waals surface area contributed by atoms with Crippen LogP contribution in [0.1, 0.15) is 42.1 Å². The van der Waals surface area contributed by atoms with Gasteiger partial charge in [0.05, 0.1) is 0 Å². The van der Waals surface area contributed by atoms with E-state index >= 15 is 0 Å². The average molecular weight is 289 g/mol. The van der Waals surface area contributed by atoms with Crippen LogP contribution in [0, 0.1) is 6.92 Å². The zero-order valence-electron chi connectivity index (χ0n) is 13.4. The normalized spacial score (nSPS) is 16.7. The summed E-state index contributed by atoms with van der Waals surface area (Å²) < 4.78 is 0. The van der Waals surface area contributed by atoms with E-state index in [1.54, 1.807) is 7.05 Å². The summed E-state index contributed by atoms with van der Waals surface area (Å²) in [4.78, 5) is 14.4. The number of carbonyl (C=O) groups excluding carboxylic acids is 1. The summed E-state index contributed by atoms with van der Waals surface area (Å²) in [7, 11) is 1.67. The van der Waals surface area contributed by atoms with Gasteiger partial charge in [0.15, 0.2) is 0 Å². The summed E-state index contributed by atoms with van der Waals surface area (Å²) in [5.41, 5.74) is 2.88. The Balaban J connectivity index is 1.99. The molecule has 1 aromatic rings. The fraction of sp³-hybridized carbons (Fsp3) is 0.588. The summed E-state index contributed by atoms with van der Waals surface area (Å²) in [6.45, 7) is 7.79. The third-order valence-corrected chi connectivity index (χ3v) is 4.29. The average Bonchev–Trinajstić information content (AvgIpc) is 2.51. The van der Waals surface area contributed by atoms with Crippen molar-refractivity contribution in [3.05, 3.63) is 29.3 Å². The Labute approximate surface area is 127 Å². The first-order valence-electron chi connectivity index (χ1n) is 7.96. The maximum Gasteiger partial charge on any atom is 0.251 e. The Morgan fingerprint density at radius 2 is 2.05 bits per heavy atom. The Bertz CT molecular complexity index is 479. The molecule has 0 spiro atoms. The monoisotopic (exact) mass is 289 g/mol. The topological polar surface area (TPSA) is 44.4 Å². The molecule has 0 bridgehead atoms. The number of rotatable bonds is 5. The second-order valence-corrected chi connectivity index (χ2v) is 5.82. The van der Waals surface area contributed by atoms with Gasteiger partial charge in [-0.3, -0.25) is 4.79 Å². The number of benzene rings is 1. The van der Waals surface area contributed by atoms with Crippen molar-refractivity contribution in [3.63, 3.8) is 0 Å². The van der Waals surface area contributed by atoms with Crippen molar-refractivity contribution in [3.8, 4) is 0 Å². The van der Waals surface area contributed by atoms with Gasteiger partial charge in [-0.1, -0.05) is 13.0 Å². The second-order valence-electron chi connectivity index (χ2n) is 5.82. The van der Waals surface area contributed by atoms with Crippen molar-refractivity contribution in [2.24, 2.45) is 0 Å². The summed E-state index contributed by atoms with van der Waals surface area (Å²) >= 11 is 0. The molecule has 0 saturated carbocycles. The third-order valence-electron chi connectivity index (χ3n) is 4.29. The molecule has 0 atom stereocenters. The molecular formula is C17H27N3O. The van der Waals surface area contributed by atoms with Crippen LogP contribution in [0.15, 0.2) is 18.2 Å². The molecule has 0 aliphatic carbocycles.